The summed E-state index contributed by atoms with van der Waals surface area (Å²) < 4.78 is 0. The summed E-state index contributed by atoms with van der Waals surface area (Å²) in [6.07, 6.45) is 12.6. The maximum atomic E-state index is 7.62. The fourth-order valence-electron chi connectivity index (χ4n) is 1.00. The standard InChI is InChI=1S/C11H14.C2H6O2/c1-10-6-4-3-5-7-11(2)9-8-10;3-1-2-4/h3-7H,1,8-9H2,2H3;3-4H,1-2H2/b5-3-,6-4+,11-7+;. The smallest absolute Gasteiger partial charge is 0.0662 e. The number of hydrogen-bond donors (Lipinski definition) is 2. The van der Waals surface area contributed by atoms with Crippen LogP contribution in [0.3, 0.4) is 0 Å². The highest BCUT2D eigenvalue weighted by Crippen LogP contribution is 2.12. The molecule has 0 unspecified atom stereocenters. The molecule has 0 amide bonds. The van der Waals surface area contributed by atoms with E-state index >= 15 is 0 Å². The van der Waals surface area contributed by atoms with Crippen LogP contribution in [0.1, 0.15) is 19.8 Å². The quantitative estimate of drug-likeness (QED) is 0.694. The van der Waals surface area contributed by atoms with E-state index < -0.39 is 0 Å². The van der Waals surface area contributed by atoms with Gasteiger partial charge >= 0.3 is 0 Å². The molecule has 1 aliphatic rings. The van der Waals surface area contributed by atoms with Crippen molar-refractivity contribution in [3.63, 3.8) is 0 Å². The molecule has 0 saturated heterocycles. The van der Waals surface area contributed by atoms with Gasteiger partial charge < -0.3 is 10.2 Å². The Labute approximate surface area is 91.9 Å². The molecule has 84 valence electrons. The molecule has 0 atom stereocenters. The first-order valence-electron chi connectivity index (χ1n) is 5.10. The second-order valence-electron chi connectivity index (χ2n) is 3.36. The Balaban J connectivity index is 0.000000423. The molecule has 1 rings (SSSR count). The summed E-state index contributed by atoms with van der Waals surface area (Å²) in [5, 5.41) is 15.2. The first kappa shape index (κ1) is 13.9. The number of aliphatic hydroxyl groups excluding tert-OH is 2. The number of allylic oxidation sites excluding steroid dienone is 7. The lowest BCUT2D eigenvalue weighted by atomic mass is 10.1. The van der Waals surface area contributed by atoms with Gasteiger partial charge in [0, 0.05) is 0 Å². The summed E-state index contributed by atoms with van der Waals surface area (Å²) in [5.74, 6) is 0. The monoisotopic (exact) mass is 208 g/mol. The molecule has 0 aromatic rings. The molecule has 0 saturated carbocycles. The first-order valence-corrected chi connectivity index (χ1v) is 5.10. The van der Waals surface area contributed by atoms with Crippen LogP contribution < -0.4 is 0 Å². The van der Waals surface area contributed by atoms with Gasteiger partial charge in [0.05, 0.1) is 13.2 Å². The van der Waals surface area contributed by atoms with Gasteiger partial charge in [-0.2, -0.15) is 0 Å². The summed E-state index contributed by atoms with van der Waals surface area (Å²) in [5.41, 5.74) is 2.63. The normalized spacial score (nSPS) is 23.4. The predicted octanol–water partition coefficient (Wildman–Crippen LogP) is 2.37. The summed E-state index contributed by atoms with van der Waals surface area (Å²) in [7, 11) is 0. The number of aliphatic hydroxyl groups is 2. The van der Waals surface area contributed by atoms with Crippen LogP contribution in [0, 0.1) is 0 Å². The van der Waals surface area contributed by atoms with Crippen LogP contribution >= 0.6 is 0 Å². The van der Waals surface area contributed by atoms with Gasteiger partial charge in [-0.15, -0.1) is 0 Å². The van der Waals surface area contributed by atoms with E-state index in [9.17, 15) is 0 Å². The molecule has 0 aromatic carbocycles. The van der Waals surface area contributed by atoms with Crippen LogP contribution in [0.5, 0.6) is 0 Å². The van der Waals surface area contributed by atoms with Gasteiger partial charge in [0.15, 0.2) is 0 Å². The SMILES string of the molecule is C=C1/C=C/C=C\C=C(/C)CC1.OCCO. The van der Waals surface area contributed by atoms with E-state index in [2.05, 4.69) is 31.7 Å². The molecule has 2 heteroatoms. The number of rotatable bonds is 1. The van der Waals surface area contributed by atoms with Crippen LogP contribution in [0.4, 0.5) is 0 Å². The zero-order valence-electron chi connectivity index (χ0n) is 9.32. The highest BCUT2D eigenvalue weighted by molar-refractivity contribution is 5.25. The fraction of sp³-hybridized carbons (Fsp3) is 0.385. The van der Waals surface area contributed by atoms with E-state index in [1.54, 1.807) is 0 Å². The summed E-state index contributed by atoms with van der Waals surface area (Å²) in [6, 6.07) is 0. The van der Waals surface area contributed by atoms with Crippen LogP contribution in [0.2, 0.25) is 0 Å². The van der Waals surface area contributed by atoms with Gasteiger partial charge in [-0.1, -0.05) is 48.1 Å². The van der Waals surface area contributed by atoms with E-state index in [0.29, 0.717) is 0 Å². The lowest BCUT2D eigenvalue weighted by Gasteiger charge is -1.98. The molecule has 0 aliphatic heterocycles. The third-order valence-corrected chi connectivity index (χ3v) is 1.88. The highest BCUT2D eigenvalue weighted by atomic mass is 16.3. The maximum absolute atomic E-state index is 7.62. The molecule has 0 spiro atoms. The van der Waals surface area contributed by atoms with Crippen molar-refractivity contribution < 1.29 is 10.2 Å². The van der Waals surface area contributed by atoms with Gasteiger partial charge in [0.1, 0.15) is 0 Å². The second-order valence-corrected chi connectivity index (χ2v) is 3.36. The van der Waals surface area contributed by atoms with E-state index in [1.807, 2.05) is 12.2 Å². The van der Waals surface area contributed by atoms with Crippen molar-refractivity contribution in [3.8, 4) is 0 Å². The number of hydrogen-bond acceptors (Lipinski definition) is 2. The molecule has 15 heavy (non-hydrogen) atoms. The molecular formula is C13H20O2. The summed E-state index contributed by atoms with van der Waals surface area (Å²) in [6.45, 7) is 5.85. The molecule has 2 nitrogen and oxygen atoms in total. The second kappa shape index (κ2) is 9.44. The maximum Gasteiger partial charge on any atom is 0.0662 e. The van der Waals surface area contributed by atoms with Crippen molar-refractivity contribution in [3.05, 3.63) is 48.1 Å². The van der Waals surface area contributed by atoms with E-state index in [1.165, 1.54) is 11.1 Å². The average molecular weight is 208 g/mol. The third kappa shape index (κ3) is 9.19. The Bertz CT molecular complexity index is 258. The Kier molecular flexibility index (Phi) is 8.73. The van der Waals surface area contributed by atoms with Gasteiger partial charge in [0.25, 0.3) is 0 Å². The molecule has 0 heterocycles. The van der Waals surface area contributed by atoms with Crippen molar-refractivity contribution in [2.75, 3.05) is 13.2 Å². The van der Waals surface area contributed by atoms with Crippen LogP contribution in [0.15, 0.2) is 48.1 Å². The summed E-state index contributed by atoms with van der Waals surface area (Å²) >= 11 is 0. The average Bonchev–Trinajstić information content (AvgIpc) is 2.33. The van der Waals surface area contributed by atoms with Gasteiger partial charge in [-0.3, -0.25) is 0 Å². The van der Waals surface area contributed by atoms with Crippen molar-refractivity contribution >= 4 is 0 Å². The van der Waals surface area contributed by atoms with E-state index in [0.717, 1.165) is 12.8 Å². The lowest BCUT2D eigenvalue weighted by Crippen LogP contribution is -1.85. The van der Waals surface area contributed by atoms with Crippen molar-refractivity contribution in [1.82, 2.24) is 0 Å². The third-order valence-electron chi connectivity index (χ3n) is 1.88. The Hall–Kier alpha value is -1.12. The van der Waals surface area contributed by atoms with Crippen LogP contribution in [-0.4, -0.2) is 23.4 Å². The Morgan fingerprint density at radius 2 is 1.80 bits per heavy atom. The van der Waals surface area contributed by atoms with E-state index in [4.69, 9.17) is 10.2 Å². The van der Waals surface area contributed by atoms with Crippen molar-refractivity contribution in [2.24, 2.45) is 0 Å². The Morgan fingerprint density at radius 1 is 1.13 bits per heavy atom. The van der Waals surface area contributed by atoms with Crippen LogP contribution in [-0.2, 0) is 0 Å². The molecule has 1 aliphatic carbocycles. The summed E-state index contributed by atoms with van der Waals surface area (Å²) in [4.78, 5) is 0. The highest BCUT2D eigenvalue weighted by Gasteiger charge is 1.92. The molecule has 0 radical (unpaired) electrons. The van der Waals surface area contributed by atoms with Gasteiger partial charge in [0.2, 0.25) is 0 Å². The zero-order valence-corrected chi connectivity index (χ0v) is 9.32. The van der Waals surface area contributed by atoms with Crippen molar-refractivity contribution in [1.29, 1.82) is 0 Å². The molecule has 0 bridgehead atoms. The lowest BCUT2D eigenvalue weighted by molar-refractivity contribution is 0.186. The first-order chi connectivity index (χ1) is 7.20. The largest absolute Gasteiger partial charge is 0.394 e. The van der Waals surface area contributed by atoms with Crippen LogP contribution in [0.25, 0.3) is 0 Å². The van der Waals surface area contributed by atoms with Crippen molar-refractivity contribution in [2.45, 2.75) is 19.8 Å². The Morgan fingerprint density at radius 3 is 2.40 bits per heavy atom. The molecule has 0 fully saturated rings. The molecule has 0 aromatic heterocycles. The molecular weight excluding hydrogens is 188 g/mol. The zero-order chi connectivity index (χ0) is 11.5. The minimum absolute atomic E-state index is 0.125. The van der Waals surface area contributed by atoms with Gasteiger partial charge in [-0.05, 0) is 19.8 Å². The van der Waals surface area contributed by atoms with Gasteiger partial charge in [-0.25, -0.2) is 0 Å². The minimum atomic E-state index is -0.125. The van der Waals surface area contributed by atoms with E-state index in [-0.39, 0.29) is 13.2 Å². The fourth-order valence-corrected chi connectivity index (χ4v) is 1.00. The topological polar surface area (TPSA) is 40.5 Å². The molecule has 2 N–H and O–H groups in total. The predicted molar refractivity (Wildman–Crippen MR) is 64.6 cm³/mol. The minimum Gasteiger partial charge on any atom is -0.394 e.